The average Bonchev–Trinajstić information content (AvgIpc) is 2.65. The zero-order chi connectivity index (χ0) is 19.2. The fourth-order valence-electron chi connectivity index (χ4n) is 2.46. The summed E-state index contributed by atoms with van der Waals surface area (Å²) in [5.41, 5.74) is 2.89. The number of rotatable bonds is 4. The van der Waals surface area contributed by atoms with Crippen LogP contribution in [0.25, 0.3) is 0 Å². The first kappa shape index (κ1) is 18.0. The first-order valence-electron chi connectivity index (χ1n) is 8.35. The van der Waals surface area contributed by atoms with E-state index in [9.17, 15) is 14.7 Å². The molecule has 0 aromatic heterocycles. The molecule has 0 spiro atoms. The van der Waals surface area contributed by atoms with Gasteiger partial charge in [0.1, 0.15) is 5.75 Å². The Labute approximate surface area is 156 Å². The molecule has 0 aliphatic carbocycles. The molecule has 0 radical (unpaired) electrons. The first-order valence-corrected chi connectivity index (χ1v) is 8.35. The molecule has 6 nitrogen and oxygen atoms in total. The van der Waals surface area contributed by atoms with Crippen molar-refractivity contribution in [3.8, 4) is 5.75 Å². The third kappa shape index (κ3) is 4.85. The Bertz CT molecular complexity index is 954. The number of amides is 3. The molecule has 3 amide bonds. The van der Waals surface area contributed by atoms with Gasteiger partial charge in [0.2, 0.25) is 0 Å². The molecular weight excluding hydrogens is 342 g/mol. The Morgan fingerprint density at radius 3 is 2.04 bits per heavy atom. The molecule has 0 unspecified atom stereocenters. The lowest BCUT2D eigenvalue weighted by atomic mass is 10.1. The van der Waals surface area contributed by atoms with Crippen LogP contribution < -0.4 is 16.0 Å². The molecule has 0 atom stereocenters. The van der Waals surface area contributed by atoms with Crippen molar-refractivity contribution in [2.24, 2.45) is 0 Å². The average molecular weight is 361 g/mol. The normalized spacial score (nSPS) is 10.1. The van der Waals surface area contributed by atoms with Gasteiger partial charge in [0.25, 0.3) is 5.91 Å². The number of aromatic hydroxyl groups is 1. The predicted molar refractivity (Wildman–Crippen MR) is 106 cm³/mol. The fourth-order valence-corrected chi connectivity index (χ4v) is 2.46. The van der Waals surface area contributed by atoms with Crippen molar-refractivity contribution in [1.29, 1.82) is 0 Å². The Balaban J connectivity index is 1.61. The van der Waals surface area contributed by atoms with Gasteiger partial charge in [0, 0.05) is 16.9 Å². The minimum Gasteiger partial charge on any atom is -0.506 e. The summed E-state index contributed by atoms with van der Waals surface area (Å²) in [5, 5.41) is 18.0. The number of para-hydroxylation sites is 1. The molecule has 3 aromatic carbocycles. The molecule has 136 valence electrons. The maximum Gasteiger partial charge on any atom is 0.323 e. The van der Waals surface area contributed by atoms with Crippen molar-refractivity contribution < 1.29 is 14.7 Å². The lowest BCUT2D eigenvalue weighted by Gasteiger charge is -2.10. The molecule has 0 heterocycles. The molecule has 0 bridgehead atoms. The summed E-state index contributed by atoms with van der Waals surface area (Å²) >= 11 is 0. The Kier molecular flexibility index (Phi) is 5.37. The fraction of sp³-hybridized carbons (Fsp3) is 0.0476. The number of phenols is 1. The standard InChI is InChI=1S/C21H19N3O3/c1-14-7-12-18(19(25)13-14)24-20(26)15-8-10-17(11-9-15)23-21(27)22-16-5-3-2-4-6-16/h2-13,25H,1H3,(H,24,26)(H2,22,23,27). The lowest BCUT2D eigenvalue weighted by Crippen LogP contribution is -2.19. The molecule has 3 aromatic rings. The smallest absolute Gasteiger partial charge is 0.323 e. The highest BCUT2D eigenvalue weighted by Gasteiger charge is 2.10. The molecule has 0 saturated carbocycles. The van der Waals surface area contributed by atoms with Crippen molar-refractivity contribution in [1.82, 2.24) is 0 Å². The number of phenolic OH excluding ortho intramolecular Hbond substituents is 1. The van der Waals surface area contributed by atoms with Crippen LogP contribution >= 0.6 is 0 Å². The lowest BCUT2D eigenvalue weighted by molar-refractivity contribution is 0.102. The Morgan fingerprint density at radius 2 is 1.41 bits per heavy atom. The molecule has 0 aliphatic heterocycles. The third-order valence-corrected chi connectivity index (χ3v) is 3.84. The molecule has 6 heteroatoms. The van der Waals surface area contributed by atoms with E-state index in [-0.39, 0.29) is 17.7 Å². The van der Waals surface area contributed by atoms with Gasteiger partial charge in [-0.15, -0.1) is 0 Å². The van der Waals surface area contributed by atoms with E-state index < -0.39 is 0 Å². The van der Waals surface area contributed by atoms with E-state index >= 15 is 0 Å². The summed E-state index contributed by atoms with van der Waals surface area (Å²) < 4.78 is 0. The van der Waals surface area contributed by atoms with Crippen LogP contribution in [0.3, 0.4) is 0 Å². The van der Waals surface area contributed by atoms with E-state index in [4.69, 9.17) is 0 Å². The SMILES string of the molecule is Cc1ccc(NC(=O)c2ccc(NC(=O)Nc3ccccc3)cc2)c(O)c1. The molecule has 0 aliphatic rings. The van der Waals surface area contributed by atoms with Crippen LogP contribution in [0.4, 0.5) is 21.9 Å². The molecule has 4 N–H and O–H groups in total. The van der Waals surface area contributed by atoms with E-state index in [1.165, 1.54) is 0 Å². The van der Waals surface area contributed by atoms with Crippen LogP contribution in [0.1, 0.15) is 15.9 Å². The van der Waals surface area contributed by atoms with Gasteiger partial charge >= 0.3 is 6.03 Å². The molecule has 3 rings (SSSR count). The molecule has 0 saturated heterocycles. The van der Waals surface area contributed by atoms with Gasteiger partial charge in [0.05, 0.1) is 5.69 Å². The van der Waals surface area contributed by atoms with E-state index in [1.807, 2.05) is 25.1 Å². The number of carbonyl (C=O) groups is 2. The first-order chi connectivity index (χ1) is 13.0. The molecule has 27 heavy (non-hydrogen) atoms. The number of urea groups is 1. The predicted octanol–water partition coefficient (Wildman–Crippen LogP) is 4.60. The van der Waals surface area contributed by atoms with Gasteiger partial charge in [0.15, 0.2) is 0 Å². The van der Waals surface area contributed by atoms with E-state index in [0.29, 0.717) is 22.6 Å². The van der Waals surface area contributed by atoms with Gasteiger partial charge in [-0.25, -0.2) is 4.79 Å². The Morgan fingerprint density at radius 1 is 0.778 bits per heavy atom. The van der Waals surface area contributed by atoms with Gasteiger partial charge in [-0.1, -0.05) is 24.3 Å². The van der Waals surface area contributed by atoms with Crippen LogP contribution in [0.2, 0.25) is 0 Å². The van der Waals surface area contributed by atoms with Crippen LogP contribution in [0, 0.1) is 6.92 Å². The van der Waals surface area contributed by atoms with Crippen LogP contribution in [0.15, 0.2) is 72.8 Å². The number of hydrogen-bond acceptors (Lipinski definition) is 3. The zero-order valence-electron chi connectivity index (χ0n) is 14.7. The summed E-state index contributed by atoms with van der Waals surface area (Å²) in [5.74, 6) is -0.339. The van der Waals surface area contributed by atoms with Gasteiger partial charge in [-0.2, -0.15) is 0 Å². The number of hydrogen-bond donors (Lipinski definition) is 4. The highest BCUT2D eigenvalue weighted by molar-refractivity contribution is 6.05. The number of anilines is 3. The number of nitrogens with one attached hydrogen (secondary N) is 3. The topological polar surface area (TPSA) is 90.5 Å². The van der Waals surface area contributed by atoms with Crippen molar-refractivity contribution >= 4 is 29.0 Å². The van der Waals surface area contributed by atoms with Crippen LogP contribution in [0.5, 0.6) is 5.75 Å². The highest BCUT2D eigenvalue weighted by atomic mass is 16.3. The molecular formula is C21H19N3O3. The zero-order valence-corrected chi connectivity index (χ0v) is 14.7. The number of carbonyl (C=O) groups excluding carboxylic acids is 2. The van der Waals surface area contributed by atoms with Crippen LogP contribution in [-0.2, 0) is 0 Å². The van der Waals surface area contributed by atoms with Gasteiger partial charge in [-0.3, -0.25) is 4.79 Å². The van der Waals surface area contributed by atoms with Crippen molar-refractivity contribution in [2.45, 2.75) is 6.92 Å². The van der Waals surface area contributed by atoms with Crippen molar-refractivity contribution in [2.75, 3.05) is 16.0 Å². The van der Waals surface area contributed by atoms with E-state index in [2.05, 4.69) is 16.0 Å². The van der Waals surface area contributed by atoms with Gasteiger partial charge in [-0.05, 0) is 61.0 Å². The maximum atomic E-state index is 12.3. The molecule has 0 fully saturated rings. The van der Waals surface area contributed by atoms with Crippen molar-refractivity contribution in [3.63, 3.8) is 0 Å². The highest BCUT2D eigenvalue weighted by Crippen LogP contribution is 2.24. The van der Waals surface area contributed by atoms with E-state index in [1.54, 1.807) is 54.6 Å². The maximum absolute atomic E-state index is 12.3. The second-order valence-electron chi connectivity index (χ2n) is 6.00. The quantitative estimate of drug-likeness (QED) is 0.512. The minimum absolute atomic E-state index is 0.0132. The monoisotopic (exact) mass is 361 g/mol. The number of aryl methyl sites for hydroxylation is 1. The Hall–Kier alpha value is -3.80. The summed E-state index contributed by atoms with van der Waals surface area (Å²) in [6, 6.07) is 20.2. The second kappa shape index (κ2) is 8.05. The van der Waals surface area contributed by atoms with E-state index in [0.717, 1.165) is 5.56 Å². The summed E-state index contributed by atoms with van der Waals surface area (Å²) in [4.78, 5) is 24.3. The van der Waals surface area contributed by atoms with Gasteiger partial charge < -0.3 is 21.1 Å². The summed E-state index contributed by atoms with van der Waals surface area (Å²) in [6.45, 7) is 1.85. The minimum atomic E-state index is -0.372. The van der Waals surface area contributed by atoms with Crippen LogP contribution in [-0.4, -0.2) is 17.0 Å². The summed E-state index contributed by atoms with van der Waals surface area (Å²) in [6.07, 6.45) is 0. The number of benzene rings is 3. The summed E-state index contributed by atoms with van der Waals surface area (Å²) in [7, 11) is 0. The second-order valence-corrected chi connectivity index (χ2v) is 6.00. The third-order valence-electron chi connectivity index (χ3n) is 3.84. The van der Waals surface area contributed by atoms with Crippen molar-refractivity contribution in [3.05, 3.63) is 83.9 Å². The largest absolute Gasteiger partial charge is 0.506 e.